The summed E-state index contributed by atoms with van der Waals surface area (Å²) in [5.74, 6) is -4.91. The summed E-state index contributed by atoms with van der Waals surface area (Å²) in [6, 6.07) is 0. The van der Waals surface area contributed by atoms with Gasteiger partial charge in [0.2, 0.25) is 0 Å². The molecule has 0 heterocycles. The molecule has 0 atom stereocenters. The molecule has 0 rings (SSSR count). The standard InChI is InChI=1S/C10H16N2O8.Fe.Na/c13-7(14)3-11(4-8(15)16)1-2-12(5-9(17)18)6-10(19)20;;/h1-6H2,(H,13,14)(H,15,16)(H,17,18)(H,19,20);;. The molecule has 0 spiro atoms. The molecule has 0 aliphatic heterocycles. The van der Waals surface area contributed by atoms with Crippen LogP contribution in [0.5, 0.6) is 0 Å². The van der Waals surface area contributed by atoms with Gasteiger partial charge in [-0.1, -0.05) is 0 Å². The van der Waals surface area contributed by atoms with E-state index in [9.17, 15) is 19.2 Å². The van der Waals surface area contributed by atoms with Gasteiger partial charge in [0, 0.05) is 59.7 Å². The van der Waals surface area contributed by atoms with Crippen molar-refractivity contribution in [1.29, 1.82) is 0 Å². The predicted octanol–water partition coefficient (Wildman–Crippen LogP) is -2.45. The van der Waals surface area contributed by atoms with Crippen molar-refractivity contribution in [2.24, 2.45) is 0 Å². The molecule has 0 aromatic heterocycles. The molecule has 0 aliphatic carbocycles. The van der Waals surface area contributed by atoms with Gasteiger partial charge in [0.05, 0.1) is 26.2 Å². The second-order valence-corrected chi connectivity index (χ2v) is 4.00. The number of rotatable bonds is 11. The van der Waals surface area contributed by atoms with Crippen LogP contribution in [-0.2, 0) is 36.2 Å². The van der Waals surface area contributed by atoms with E-state index in [1.165, 1.54) is 0 Å². The predicted molar refractivity (Wildman–Crippen MR) is 69.2 cm³/mol. The van der Waals surface area contributed by atoms with Gasteiger partial charge in [0.15, 0.2) is 0 Å². The monoisotopic (exact) mass is 371 g/mol. The largest absolute Gasteiger partial charge is 0.480 e. The number of hydrogen-bond acceptors (Lipinski definition) is 6. The number of carboxylic acids is 4. The van der Waals surface area contributed by atoms with Gasteiger partial charge in [0.25, 0.3) is 0 Å². The normalized spacial score (nSPS) is 9.73. The summed E-state index contributed by atoms with van der Waals surface area (Å²) in [6.07, 6.45) is 0. The fourth-order valence-electron chi connectivity index (χ4n) is 1.48. The maximum atomic E-state index is 10.6. The zero-order valence-electron chi connectivity index (χ0n) is 11.9. The fourth-order valence-corrected chi connectivity index (χ4v) is 1.48. The summed E-state index contributed by atoms with van der Waals surface area (Å²) >= 11 is 0. The van der Waals surface area contributed by atoms with Gasteiger partial charge in [-0.15, -0.1) is 0 Å². The number of aliphatic carboxylic acids is 4. The minimum Gasteiger partial charge on any atom is -0.480 e. The van der Waals surface area contributed by atoms with E-state index in [4.69, 9.17) is 20.4 Å². The Morgan fingerprint density at radius 1 is 0.591 bits per heavy atom. The first-order valence-corrected chi connectivity index (χ1v) is 5.52. The number of hydrogen-bond donors (Lipinski definition) is 4. The van der Waals surface area contributed by atoms with E-state index in [1.807, 2.05) is 0 Å². The van der Waals surface area contributed by atoms with Gasteiger partial charge in [-0.25, -0.2) is 0 Å². The van der Waals surface area contributed by atoms with Gasteiger partial charge < -0.3 is 20.4 Å². The first-order valence-electron chi connectivity index (χ1n) is 5.52. The maximum absolute atomic E-state index is 10.6. The molecule has 123 valence electrons. The summed E-state index contributed by atoms with van der Waals surface area (Å²) in [5.41, 5.74) is 0. The van der Waals surface area contributed by atoms with E-state index < -0.39 is 50.1 Å². The van der Waals surface area contributed by atoms with Gasteiger partial charge in [-0.2, -0.15) is 0 Å². The Hall–Kier alpha value is -0.681. The molecule has 0 amide bonds. The summed E-state index contributed by atoms with van der Waals surface area (Å²) in [5, 5.41) is 34.5. The molecule has 0 saturated heterocycles. The van der Waals surface area contributed by atoms with Gasteiger partial charge in [0.1, 0.15) is 0 Å². The Morgan fingerprint density at radius 3 is 0.909 bits per heavy atom. The molecule has 1 radical (unpaired) electrons. The Morgan fingerprint density at radius 2 is 0.773 bits per heavy atom. The number of nitrogens with zero attached hydrogens (tertiary/aromatic N) is 2. The van der Waals surface area contributed by atoms with Gasteiger partial charge in [-0.05, 0) is 0 Å². The minimum atomic E-state index is -1.23. The van der Waals surface area contributed by atoms with Crippen molar-refractivity contribution in [3.05, 3.63) is 0 Å². The van der Waals surface area contributed by atoms with Crippen molar-refractivity contribution in [2.75, 3.05) is 39.3 Å². The summed E-state index contributed by atoms with van der Waals surface area (Å²) < 4.78 is 0. The molecule has 4 N–H and O–H groups in total. The average Bonchev–Trinajstić information content (AvgIpc) is 2.22. The Balaban J connectivity index is -0.00000180. The van der Waals surface area contributed by atoms with Crippen molar-refractivity contribution in [3.8, 4) is 0 Å². The summed E-state index contributed by atoms with van der Waals surface area (Å²) in [6.45, 7) is -2.25. The molecule has 22 heavy (non-hydrogen) atoms. The first-order chi connectivity index (χ1) is 9.20. The van der Waals surface area contributed by atoms with E-state index in [0.29, 0.717) is 0 Å². The van der Waals surface area contributed by atoms with E-state index in [2.05, 4.69) is 0 Å². The van der Waals surface area contributed by atoms with E-state index in [0.717, 1.165) is 9.80 Å². The summed E-state index contributed by atoms with van der Waals surface area (Å²) in [4.78, 5) is 44.4. The third kappa shape index (κ3) is 15.7. The molecular weight excluding hydrogens is 355 g/mol. The Bertz CT molecular complexity index is 327. The van der Waals surface area contributed by atoms with Gasteiger partial charge >= 0.3 is 23.9 Å². The minimum absolute atomic E-state index is 0. The van der Waals surface area contributed by atoms with Crippen LogP contribution < -0.4 is 0 Å². The third-order valence-corrected chi connectivity index (χ3v) is 2.17. The quantitative estimate of drug-likeness (QED) is 0.288. The van der Waals surface area contributed by atoms with Crippen LogP contribution in [0.15, 0.2) is 0 Å². The molecule has 0 bridgehead atoms. The van der Waals surface area contributed by atoms with Crippen molar-refractivity contribution in [3.63, 3.8) is 0 Å². The Labute approximate surface area is 158 Å². The molecule has 0 fully saturated rings. The van der Waals surface area contributed by atoms with Crippen LogP contribution in [0.1, 0.15) is 0 Å². The van der Waals surface area contributed by atoms with E-state index >= 15 is 0 Å². The van der Waals surface area contributed by atoms with Crippen molar-refractivity contribution in [1.82, 2.24) is 9.80 Å². The van der Waals surface area contributed by atoms with Crippen LogP contribution in [0, 0.1) is 0 Å². The zero-order chi connectivity index (χ0) is 15.7. The van der Waals surface area contributed by atoms with Crippen LogP contribution in [0.25, 0.3) is 0 Å². The molecular formula is C10H16FeN2NaO8. The van der Waals surface area contributed by atoms with Crippen LogP contribution in [0.2, 0.25) is 0 Å². The Kier molecular flexibility index (Phi) is 16.6. The molecule has 10 nitrogen and oxygen atoms in total. The smallest absolute Gasteiger partial charge is 0.317 e. The second kappa shape index (κ2) is 13.9. The molecule has 0 aromatic rings. The van der Waals surface area contributed by atoms with Crippen molar-refractivity contribution < 1.29 is 56.7 Å². The number of carboxylic acid groups (broad SMARTS) is 4. The third-order valence-electron chi connectivity index (χ3n) is 2.17. The van der Waals surface area contributed by atoms with Crippen LogP contribution in [0.4, 0.5) is 0 Å². The maximum Gasteiger partial charge on any atom is 0.317 e. The summed E-state index contributed by atoms with van der Waals surface area (Å²) in [7, 11) is 0. The SMILES string of the molecule is O=C(O)CN(CCN(CC(=O)O)CC(=O)O)CC(=O)O.[Fe].[Na]. The van der Waals surface area contributed by atoms with Crippen molar-refractivity contribution in [2.45, 2.75) is 0 Å². The van der Waals surface area contributed by atoms with Gasteiger partial charge in [-0.3, -0.25) is 29.0 Å². The topological polar surface area (TPSA) is 156 Å². The molecule has 0 unspecified atom stereocenters. The molecule has 0 aromatic carbocycles. The van der Waals surface area contributed by atoms with Crippen LogP contribution in [0.3, 0.4) is 0 Å². The van der Waals surface area contributed by atoms with E-state index in [-0.39, 0.29) is 59.7 Å². The second-order valence-electron chi connectivity index (χ2n) is 4.00. The van der Waals surface area contributed by atoms with Crippen molar-refractivity contribution >= 4 is 53.4 Å². The van der Waals surface area contributed by atoms with Crippen LogP contribution in [-0.4, -0.2) is 123 Å². The zero-order valence-corrected chi connectivity index (χ0v) is 15.0. The first kappa shape index (κ1) is 26.2. The number of carbonyl (C=O) groups is 4. The average molecular weight is 371 g/mol. The fraction of sp³-hybridized carbons (Fsp3) is 0.600. The van der Waals surface area contributed by atoms with Crippen LogP contribution >= 0.6 is 0 Å². The molecule has 12 heteroatoms. The molecule has 0 saturated carbocycles. The molecule has 0 aliphatic rings. The van der Waals surface area contributed by atoms with E-state index in [1.54, 1.807) is 0 Å².